The van der Waals surface area contributed by atoms with Gasteiger partial charge in [-0.1, -0.05) is 30.3 Å². The van der Waals surface area contributed by atoms with E-state index in [1.54, 1.807) is 14.0 Å². The summed E-state index contributed by atoms with van der Waals surface area (Å²) in [6.45, 7) is 3.71. The summed E-state index contributed by atoms with van der Waals surface area (Å²) < 4.78 is 11.2. The summed E-state index contributed by atoms with van der Waals surface area (Å²) in [5.41, 5.74) is 1.85. The van der Waals surface area contributed by atoms with Crippen molar-refractivity contribution in [1.29, 1.82) is 0 Å². The van der Waals surface area contributed by atoms with Crippen LogP contribution in [0.1, 0.15) is 37.2 Å². The van der Waals surface area contributed by atoms with Gasteiger partial charge in [-0.05, 0) is 31.5 Å². The van der Waals surface area contributed by atoms with Crippen molar-refractivity contribution in [2.75, 3.05) is 7.11 Å². The van der Waals surface area contributed by atoms with Gasteiger partial charge in [0.15, 0.2) is 0 Å². The van der Waals surface area contributed by atoms with Crippen molar-refractivity contribution >= 4 is 0 Å². The van der Waals surface area contributed by atoms with E-state index in [9.17, 15) is 5.11 Å². The van der Waals surface area contributed by atoms with Crippen molar-refractivity contribution in [3.8, 4) is 11.5 Å². The van der Waals surface area contributed by atoms with Crippen LogP contribution in [0.3, 0.4) is 0 Å². The number of benzene rings is 2. The second-order valence-electron chi connectivity index (χ2n) is 4.75. The van der Waals surface area contributed by atoms with E-state index in [4.69, 9.17) is 9.47 Å². The number of aliphatic hydroxyl groups is 1. The summed E-state index contributed by atoms with van der Waals surface area (Å²) >= 11 is 0. The maximum absolute atomic E-state index is 9.83. The third-order valence-corrected chi connectivity index (χ3v) is 3.24. The molecule has 2 rings (SSSR count). The standard InChI is InChI=1S/C17H20O3/c1-12(18)16-10-9-15(19-3)11-17(16)20-13(2)14-7-5-4-6-8-14/h4-13,18H,1-3H3/t12-,13?/m0/s1. The van der Waals surface area contributed by atoms with E-state index < -0.39 is 6.10 Å². The first-order valence-electron chi connectivity index (χ1n) is 6.69. The molecule has 20 heavy (non-hydrogen) atoms. The monoisotopic (exact) mass is 272 g/mol. The van der Waals surface area contributed by atoms with Gasteiger partial charge < -0.3 is 14.6 Å². The third kappa shape index (κ3) is 3.31. The van der Waals surface area contributed by atoms with Crippen molar-refractivity contribution in [3.05, 3.63) is 59.7 Å². The van der Waals surface area contributed by atoms with Crippen LogP contribution in [-0.4, -0.2) is 12.2 Å². The minimum Gasteiger partial charge on any atom is -0.497 e. The van der Waals surface area contributed by atoms with Gasteiger partial charge in [0.2, 0.25) is 0 Å². The van der Waals surface area contributed by atoms with Gasteiger partial charge in [0.1, 0.15) is 17.6 Å². The van der Waals surface area contributed by atoms with Crippen molar-refractivity contribution in [2.24, 2.45) is 0 Å². The Kier molecular flexibility index (Phi) is 4.64. The van der Waals surface area contributed by atoms with Crippen molar-refractivity contribution in [1.82, 2.24) is 0 Å². The van der Waals surface area contributed by atoms with Crippen LogP contribution >= 0.6 is 0 Å². The zero-order chi connectivity index (χ0) is 14.5. The van der Waals surface area contributed by atoms with Gasteiger partial charge in [-0.15, -0.1) is 0 Å². The number of hydrogen-bond donors (Lipinski definition) is 1. The van der Waals surface area contributed by atoms with E-state index in [0.29, 0.717) is 11.5 Å². The van der Waals surface area contributed by atoms with Gasteiger partial charge in [-0.2, -0.15) is 0 Å². The first-order valence-corrected chi connectivity index (χ1v) is 6.69. The van der Waals surface area contributed by atoms with Crippen LogP contribution in [0.5, 0.6) is 11.5 Å². The lowest BCUT2D eigenvalue weighted by Crippen LogP contribution is -2.06. The van der Waals surface area contributed by atoms with E-state index in [0.717, 1.165) is 11.1 Å². The van der Waals surface area contributed by atoms with E-state index in [-0.39, 0.29) is 6.10 Å². The normalized spacial score (nSPS) is 13.6. The molecule has 0 heterocycles. The molecule has 2 aromatic carbocycles. The van der Waals surface area contributed by atoms with Crippen LogP contribution in [0.15, 0.2) is 48.5 Å². The smallest absolute Gasteiger partial charge is 0.129 e. The number of hydrogen-bond acceptors (Lipinski definition) is 3. The maximum atomic E-state index is 9.83. The van der Waals surface area contributed by atoms with Crippen molar-refractivity contribution < 1.29 is 14.6 Å². The van der Waals surface area contributed by atoms with Crippen LogP contribution in [0.4, 0.5) is 0 Å². The first-order chi connectivity index (χ1) is 9.61. The first kappa shape index (κ1) is 14.4. The highest BCUT2D eigenvalue weighted by Gasteiger charge is 2.14. The fourth-order valence-electron chi connectivity index (χ4n) is 2.07. The molecule has 1 unspecified atom stereocenters. The lowest BCUT2D eigenvalue weighted by atomic mass is 10.1. The van der Waals surface area contributed by atoms with E-state index >= 15 is 0 Å². The molecule has 1 N–H and O–H groups in total. The molecule has 0 aliphatic rings. The lowest BCUT2D eigenvalue weighted by molar-refractivity contribution is 0.178. The van der Waals surface area contributed by atoms with E-state index in [1.807, 2.05) is 55.5 Å². The fourth-order valence-corrected chi connectivity index (χ4v) is 2.07. The molecule has 3 heteroatoms. The largest absolute Gasteiger partial charge is 0.497 e. The van der Waals surface area contributed by atoms with Crippen LogP contribution in [0.2, 0.25) is 0 Å². The van der Waals surface area contributed by atoms with Gasteiger partial charge in [0.05, 0.1) is 13.2 Å². The molecule has 0 saturated heterocycles. The third-order valence-electron chi connectivity index (χ3n) is 3.24. The molecule has 0 aliphatic carbocycles. The highest BCUT2D eigenvalue weighted by atomic mass is 16.5. The molecule has 0 fully saturated rings. The fraction of sp³-hybridized carbons (Fsp3) is 0.294. The Morgan fingerprint density at radius 3 is 2.30 bits per heavy atom. The molecular formula is C17H20O3. The second kappa shape index (κ2) is 6.44. The molecule has 106 valence electrons. The predicted octanol–water partition coefficient (Wildman–Crippen LogP) is 3.89. The average Bonchev–Trinajstić information content (AvgIpc) is 2.47. The van der Waals surface area contributed by atoms with Gasteiger partial charge in [-0.25, -0.2) is 0 Å². The SMILES string of the molecule is COc1ccc([C@H](C)O)c(OC(C)c2ccccc2)c1. The Bertz CT molecular complexity index is 549. The zero-order valence-corrected chi connectivity index (χ0v) is 12.0. The van der Waals surface area contributed by atoms with Crippen LogP contribution in [-0.2, 0) is 0 Å². The number of methoxy groups -OCH3 is 1. The Morgan fingerprint density at radius 1 is 1.00 bits per heavy atom. The number of aliphatic hydroxyl groups excluding tert-OH is 1. The number of ether oxygens (including phenoxy) is 2. The van der Waals surface area contributed by atoms with Gasteiger partial charge in [-0.3, -0.25) is 0 Å². The molecule has 0 aromatic heterocycles. The molecule has 0 radical (unpaired) electrons. The summed E-state index contributed by atoms with van der Waals surface area (Å²) in [6.07, 6.45) is -0.681. The summed E-state index contributed by atoms with van der Waals surface area (Å²) in [7, 11) is 1.61. The second-order valence-corrected chi connectivity index (χ2v) is 4.75. The van der Waals surface area contributed by atoms with Crippen LogP contribution in [0, 0.1) is 0 Å². The Morgan fingerprint density at radius 2 is 1.70 bits per heavy atom. The minimum atomic E-state index is -0.584. The molecule has 2 aromatic rings. The van der Waals surface area contributed by atoms with Crippen LogP contribution in [0.25, 0.3) is 0 Å². The van der Waals surface area contributed by atoms with E-state index in [2.05, 4.69) is 0 Å². The maximum Gasteiger partial charge on any atom is 0.129 e. The van der Waals surface area contributed by atoms with Gasteiger partial charge in [0.25, 0.3) is 0 Å². The summed E-state index contributed by atoms with van der Waals surface area (Å²) in [4.78, 5) is 0. The van der Waals surface area contributed by atoms with Gasteiger partial charge >= 0.3 is 0 Å². The minimum absolute atomic E-state index is 0.0965. The summed E-state index contributed by atoms with van der Waals surface area (Å²) in [5, 5.41) is 9.83. The Balaban J connectivity index is 2.27. The van der Waals surface area contributed by atoms with E-state index in [1.165, 1.54) is 0 Å². The molecule has 2 atom stereocenters. The van der Waals surface area contributed by atoms with Gasteiger partial charge in [0, 0.05) is 11.6 Å². The number of rotatable bonds is 5. The predicted molar refractivity (Wildman–Crippen MR) is 79.1 cm³/mol. The summed E-state index contributed by atoms with van der Waals surface area (Å²) in [5.74, 6) is 1.36. The lowest BCUT2D eigenvalue weighted by Gasteiger charge is -2.19. The van der Waals surface area contributed by atoms with Crippen LogP contribution < -0.4 is 9.47 Å². The molecule has 3 nitrogen and oxygen atoms in total. The molecular weight excluding hydrogens is 252 g/mol. The van der Waals surface area contributed by atoms with Crippen molar-refractivity contribution in [2.45, 2.75) is 26.1 Å². The molecule has 0 amide bonds. The summed E-state index contributed by atoms with van der Waals surface area (Å²) in [6, 6.07) is 15.4. The molecule has 0 spiro atoms. The quantitative estimate of drug-likeness (QED) is 0.897. The van der Waals surface area contributed by atoms with Crippen molar-refractivity contribution in [3.63, 3.8) is 0 Å². The molecule has 0 bridgehead atoms. The molecule has 0 saturated carbocycles. The topological polar surface area (TPSA) is 38.7 Å². The average molecular weight is 272 g/mol. The zero-order valence-electron chi connectivity index (χ0n) is 12.0. The molecule has 0 aliphatic heterocycles. The Hall–Kier alpha value is -2.00. The Labute approximate surface area is 119 Å². The highest BCUT2D eigenvalue weighted by molar-refractivity contribution is 5.42. The highest BCUT2D eigenvalue weighted by Crippen LogP contribution is 2.32.